The molecule has 0 amide bonds. The maximum Gasteiger partial charge on any atom is 0.250 e. The molecular weight excluding hydrogens is 254 g/mol. The second-order valence-electron chi connectivity index (χ2n) is 5.56. The first kappa shape index (κ1) is 13.1. The lowest BCUT2D eigenvalue weighted by Crippen LogP contribution is -2.30. The van der Waals surface area contributed by atoms with Gasteiger partial charge in [0, 0.05) is 13.1 Å². The SMILES string of the molecule is CC1(O)CCCN(c2nnnn2-c2ccccc2)CC1. The van der Waals surface area contributed by atoms with E-state index in [-0.39, 0.29) is 0 Å². The van der Waals surface area contributed by atoms with Crippen molar-refractivity contribution in [3.05, 3.63) is 30.3 Å². The number of aromatic nitrogens is 4. The van der Waals surface area contributed by atoms with Crippen LogP contribution in [0.15, 0.2) is 30.3 Å². The molecule has 2 aromatic rings. The minimum absolute atomic E-state index is 0.584. The molecule has 20 heavy (non-hydrogen) atoms. The van der Waals surface area contributed by atoms with E-state index < -0.39 is 5.60 Å². The maximum absolute atomic E-state index is 10.2. The molecule has 1 atom stereocenters. The molecule has 6 nitrogen and oxygen atoms in total. The first-order valence-corrected chi connectivity index (χ1v) is 6.97. The smallest absolute Gasteiger partial charge is 0.250 e. The second kappa shape index (κ2) is 5.20. The number of para-hydroxylation sites is 1. The lowest BCUT2D eigenvalue weighted by atomic mass is 9.98. The molecule has 2 heterocycles. The molecule has 1 saturated heterocycles. The fourth-order valence-electron chi connectivity index (χ4n) is 2.58. The van der Waals surface area contributed by atoms with Crippen molar-refractivity contribution < 1.29 is 5.11 Å². The third-order valence-electron chi connectivity index (χ3n) is 3.80. The number of rotatable bonds is 2. The Labute approximate surface area is 118 Å². The molecule has 0 saturated carbocycles. The first-order valence-electron chi connectivity index (χ1n) is 6.97. The Hall–Kier alpha value is -1.95. The minimum atomic E-state index is -0.584. The second-order valence-corrected chi connectivity index (χ2v) is 5.56. The van der Waals surface area contributed by atoms with Crippen LogP contribution in [0.25, 0.3) is 5.69 Å². The Kier molecular flexibility index (Phi) is 3.40. The van der Waals surface area contributed by atoms with Crippen molar-refractivity contribution >= 4 is 5.95 Å². The van der Waals surface area contributed by atoms with Gasteiger partial charge in [-0.2, -0.15) is 4.68 Å². The summed E-state index contributed by atoms with van der Waals surface area (Å²) in [5.41, 5.74) is 0.364. The van der Waals surface area contributed by atoms with Crippen molar-refractivity contribution in [2.24, 2.45) is 0 Å². The average Bonchev–Trinajstić information content (AvgIpc) is 2.85. The zero-order valence-electron chi connectivity index (χ0n) is 11.6. The lowest BCUT2D eigenvalue weighted by Gasteiger charge is -2.22. The average molecular weight is 273 g/mol. The van der Waals surface area contributed by atoms with Crippen LogP contribution in [-0.4, -0.2) is 44.0 Å². The summed E-state index contributed by atoms with van der Waals surface area (Å²) in [5.74, 6) is 0.744. The van der Waals surface area contributed by atoms with E-state index >= 15 is 0 Å². The highest BCUT2D eigenvalue weighted by atomic mass is 16.3. The molecule has 0 bridgehead atoms. The molecule has 1 unspecified atom stereocenters. The molecule has 6 heteroatoms. The van der Waals surface area contributed by atoms with E-state index in [0.29, 0.717) is 0 Å². The van der Waals surface area contributed by atoms with Crippen molar-refractivity contribution in [2.75, 3.05) is 18.0 Å². The van der Waals surface area contributed by atoms with Gasteiger partial charge in [0.1, 0.15) is 0 Å². The Bertz CT molecular complexity index is 566. The molecule has 0 spiro atoms. The monoisotopic (exact) mass is 273 g/mol. The highest BCUT2D eigenvalue weighted by Gasteiger charge is 2.27. The van der Waals surface area contributed by atoms with Crippen LogP contribution in [-0.2, 0) is 0 Å². The van der Waals surface area contributed by atoms with Crippen LogP contribution in [0.3, 0.4) is 0 Å². The van der Waals surface area contributed by atoms with E-state index in [1.807, 2.05) is 37.3 Å². The summed E-state index contributed by atoms with van der Waals surface area (Å²) in [4.78, 5) is 2.15. The van der Waals surface area contributed by atoms with Crippen LogP contribution >= 0.6 is 0 Å². The quantitative estimate of drug-likeness (QED) is 0.896. The molecule has 1 fully saturated rings. The van der Waals surface area contributed by atoms with Crippen LogP contribution in [0.1, 0.15) is 26.2 Å². The third kappa shape index (κ3) is 2.65. The van der Waals surface area contributed by atoms with Gasteiger partial charge in [-0.3, -0.25) is 0 Å². The van der Waals surface area contributed by atoms with E-state index in [1.165, 1.54) is 0 Å². The molecule has 1 aliphatic heterocycles. The van der Waals surface area contributed by atoms with Crippen molar-refractivity contribution in [1.82, 2.24) is 20.2 Å². The maximum atomic E-state index is 10.2. The predicted molar refractivity (Wildman–Crippen MR) is 75.8 cm³/mol. The molecule has 1 N–H and O–H groups in total. The van der Waals surface area contributed by atoms with Crippen LogP contribution in [0.2, 0.25) is 0 Å². The van der Waals surface area contributed by atoms with Crippen LogP contribution in [0.4, 0.5) is 5.95 Å². The molecule has 0 radical (unpaired) electrons. The highest BCUT2D eigenvalue weighted by molar-refractivity contribution is 5.40. The van der Waals surface area contributed by atoms with E-state index in [4.69, 9.17) is 0 Å². The summed E-state index contributed by atoms with van der Waals surface area (Å²) in [6, 6.07) is 9.86. The van der Waals surface area contributed by atoms with E-state index in [2.05, 4.69) is 20.4 Å². The van der Waals surface area contributed by atoms with E-state index in [1.54, 1.807) is 4.68 Å². The lowest BCUT2D eigenvalue weighted by molar-refractivity contribution is 0.0481. The van der Waals surface area contributed by atoms with Crippen LogP contribution < -0.4 is 4.90 Å². The summed E-state index contributed by atoms with van der Waals surface area (Å²) in [6.45, 7) is 3.53. The standard InChI is InChI=1S/C14H19N5O/c1-14(20)8-5-10-18(11-9-14)13-15-16-17-19(13)12-6-3-2-4-7-12/h2-4,6-7,20H,5,8-11H2,1H3. The number of benzene rings is 1. The number of aliphatic hydroxyl groups is 1. The Morgan fingerprint density at radius 3 is 2.75 bits per heavy atom. The Balaban J connectivity index is 1.87. The zero-order chi connectivity index (χ0) is 14.0. The van der Waals surface area contributed by atoms with Crippen molar-refractivity contribution in [3.63, 3.8) is 0 Å². The topological polar surface area (TPSA) is 67.1 Å². The summed E-state index contributed by atoms with van der Waals surface area (Å²) in [6.07, 6.45) is 2.49. The van der Waals surface area contributed by atoms with E-state index in [0.717, 1.165) is 44.0 Å². The molecule has 0 aliphatic carbocycles. The van der Waals surface area contributed by atoms with Gasteiger partial charge in [-0.1, -0.05) is 23.3 Å². The van der Waals surface area contributed by atoms with Gasteiger partial charge in [0.2, 0.25) is 5.95 Å². The van der Waals surface area contributed by atoms with Gasteiger partial charge < -0.3 is 10.0 Å². The van der Waals surface area contributed by atoms with Crippen molar-refractivity contribution in [2.45, 2.75) is 31.8 Å². The number of hydrogen-bond acceptors (Lipinski definition) is 5. The van der Waals surface area contributed by atoms with Crippen LogP contribution in [0, 0.1) is 0 Å². The normalized spacial score (nSPS) is 23.6. The number of nitrogens with zero attached hydrogens (tertiary/aromatic N) is 5. The fourth-order valence-corrected chi connectivity index (χ4v) is 2.58. The highest BCUT2D eigenvalue weighted by Crippen LogP contribution is 2.24. The van der Waals surface area contributed by atoms with Gasteiger partial charge in [0.15, 0.2) is 0 Å². The first-order chi connectivity index (χ1) is 9.66. The molecular formula is C14H19N5O. The van der Waals surface area contributed by atoms with E-state index in [9.17, 15) is 5.11 Å². The molecule has 1 aromatic heterocycles. The van der Waals surface area contributed by atoms with Gasteiger partial charge in [-0.25, -0.2) is 0 Å². The summed E-state index contributed by atoms with van der Waals surface area (Å²) in [5, 5.41) is 22.2. The van der Waals surface area contributed by atoms with Gasteiger partial charge in [0.25, 0.3) is 0 Å². The summed E-state index contributed by atoms with van der Waals surface area (Å²) >= 11 is 0. The number of anilines is 1. The number of tetrazole rings is 1. The van der Waals surface area contributed by atoms with Gasteiger partial charge in [0.05, 0.1) is 11.3 Å². The predicted octanol–water partition coefficient (Wildman–Crippen LogP) is 1.40. The third-order valence-corrected chi connectivity index (χ3v) is 3.80. The van der Waals surface area contributed by atoms with Gasteiger partial charge >= 0.3 is 0 Å². The summed E-state index contributed by atoms with van der Waals surface area (Å²) < 4.78 is 1.75. The van der Waals surface area contributed by atoms with Crippen molar-refractivity contribution in [1.29, 1.82) is 0 Å². The Morgan fingerprint density at radius 1 is 1.15 bits per heavy atom. The molecule has 3 rings (SSSR count). The Morgan fingerprint density at radius 2 is 1.95 bits per heavy atom. The van der Waals surface area contributed by atoms with Crippen molar-refractivity contribution in [3.8, 4) is 5.69 Å². The van der Waals surface area contributed by atoms with Gasteiger partial charge in [-0.05, 0) is 48.7 Å². The fraction of sp³-hybridized carbons (Fsp3) is 0.500. The molecule has 1 aliphatic rings. The van der Waals surface area contributed by atoms with Crippen LogP contribution in [0.5, 0.6) is 0 Å². The largest absolute Gasteiger partial charge is 0.390 e. The molecule has 106 valence electrons. The minimum Gasteiger partial charge on any atom is -0.390 e. The molecule has 1 aromatic carbocycles. The van der Waals surface area contributed by atoms with Gasteiger partial charge in [-0.15, -0.1) is 0 Å². The summed E-state index contributed by atoms with van der Waals surface area (Å²) in [7, 11) is 0. The number of hydrogen-bond donors (Lipinski definition) is 1. The zero-order valence-corrected chi connectivity index (χ0v) is 11.6.